The van der Waals surface area contributed by atoms with E-state index in [4.69, 9.17) is 21.1 Å². The number of rotatable bonds is 5. The lowest BCUT2D eigenvalue weighted by Crippen LogP contribution is -2.29. The van der Waals surface area contributed by atoms with Gasteiger partial charge in [-0.25, -0.2) is 9.67 Å². The van der Waals surface area contributed by atoms with Crippen LogP contribution in [0.25, 0.3) is 5.82 Å². The first-order valence-corrected chi connectivity index (χ1v) is 8.44. The normalized spacial score (nSPS) is 13.0. The summed E-state index contributed by atoms with van der Waals surface area (Å²) >= 11 is 4.36. The number of nitrogens with zero attached hydrogens (tertiary/aromatic N) is 3. The number of hydrogen-bond acceptors (Lipinski definition) is 7. The fraction of sp³-hybridized carbons (Fsp3) is 0.222. The van der Waals surface area contributed by atoms with Crippen molar-refractivity contribution in [2.75, 3.05) is 5.73 Å². The third kappa shape index (κ3) is 4.23. The van der Waals surface area contributed by atoms with Crippen molar-refractivity contribution in [2.24, 2.45) is 0 Å². The second-order valence-corrected chi connectivity index (χ2v) is 6.68. The fourth-order valence-corrected chi connectivity index (χ4v) is 2.85. The zero-order valence-corrected chi connectivity index (χ0v) is 15.0. The molecule has 5 N–H and O–H groups in total. The number of nitrogen functional groups attached to an aromatic ring is 1. The molecule has 0 aliphatic rings. The largest absolute Gasteiger partial charge is 0.398 e. The maximum Gasteiger partial charge on any atom is 0.279 e. The minimum Gasteiger partial charge on any atom is -0.398 e. The third-order valence-electron chi connectivity index (χ3n) is 4.09. The Morgan fingerprint density at radius 1 is 1.19 bits per heavy atom. The zero-order chi connectivity index (χ0) is 18.9. The average Bonchev–Trinajstić information content (AvgIpc) is 3.06. The van der Waals surface area contributed by atoms with Gasteiger partial charge in [0.15, 0.2) is 5.82 Å². The molecule has 0 spiro atoms. The standard InChI is InChI=1S/C18H20N4O3S/c1-11(13-3-4-14(19)16(26)8-13)15-6-7-22(21-15)17-5-2-12(10-20-17)9-18(23,24)25/h2-8,10-11,23-26H,9,19H2,1H3. The lowest BCUT2D eigenvalue weighted by Gasteiger charge is -2.13. The van der Waals surface area contributed by atoms with Gasteiger partial charge in [0.1, 0.15) is 0 Å². The van der Waals surface area contributed by atoms with Gasteiger partial charge in [0, 0.05) is 28.9 Å². The average molecular weight is 372 g/mol. The molecule has 0 bridgehead atoms. The van der Waals surface area contributed by atoms with Crippen LogP contribution in [0, 0.1) is 0 Å². The topological polar surface area (TPSA) is 117 Å². The van der Waals surface area contributed by atoms with Gasteiger partial charge in [-0.1, -0.05) is 19.1 Å². The minimum atomic E-state index is -2.75. The van der Waals surface area contributed by atoms with Gasteiger partial charge in [-0.2, -0.15) is 5.10 Å². The van der Waals surface area contributed by atoms with Crippen molar-refractivity contribution in [3.8, 4) is 5.82 Å². The molecule has 0 aliphatic heterocycles. The van der Waals surface area contributed by atoms with Crippen LogP contribution in [-0.2, 0) is 6.42 Å². The highest BCUT2D eigenvalue weighted by atomic mass is 32.1. The van der Waals surface area contributed by atoms with E-state index in [1.807, 2.05) is 31.2 Å². The van der Waals surface area contributed by atoms with Crippen LogP contribution in [-0.4, -0.2) is 36.1 Å². The molecule has 136 valence electrons. The summed E-state index contributed by atoms with van der Waals surface area (Å²) in [6.45, 7) is 2.05. The Bertz CT molecular complexity index is 904. The number of anilines is 1. The van der Waals surface area contributed by atoms with Crippen LogP contribution in [0.5, 0.6) is 0 Å². The van der Waals surface area contributed by atoms with E-state index in [2.05, 4.69) is 22.7 Å². The van der Waals surface area contributed by atoms with Crippen LogP contribution >= 0.6 is 12.6 Å². The predicted octanol–water partition coefficient (Wildman–Crippen LogP) is 1.46. The van der Waals surface area contributed by atoms with Crippen molar-refractivity contribution in [1.82, 2.24) is 14.8 Å². The van der Waals surface area contributed by atoms with E-state index in [0.717, 1.165) is 16.2 Å². The van der Waals surface area contributed by atoms with E-state index in [9.17, 15) is 0 Å². The molecule has 26 heavy (non-hydrogen) atoms. The lowest BCUT2D eigenvalue weighted by atomic mass is 9.98. The van der Waals surface area contributed by atoms with Crippen molar-refractivity contribution in [3.05, 3.63) is 65.6 Å². The van der Waals surface area contributed by atoms with Crippen LogP contribution in [0.15, 0.2) is 53.7 Å². The Labute approximate surface area is 156 Å². The first-order chi connectivity index (χ1) is 12.2. The molecular formula is C18H20N4O3S. The number of aromatic nitrogens is 3. The summed E-state index contributed by atoms with van der Waals surface area (Å²) in [5.74, 6) is -2.11. The Kier molecular flexibility index (Phi) is 5.01. The van der Waals surface area contributed by atoms with Crippen LogP contribution in [0.1, 0.15) is 29.7 Å². The molecule has 0 radical (unpaired) electrons. The number of aliphatic hydroxyl groups is 3. The molecular weight excluding hydrogens is 352 g/mol. The highest BCUT2D eigenvalue weighted by Crippen LogP contribution is 2.27. The minimum absolute atomic E-state index is 0.0563. The molecule has 3 aromatic rings. The third-order valence-corrected chi connectivity index (χ3v) is 4.48. The quantitative estimate of drug-likeness (QED) is 0.263. The Morgan fingerprint density at radius 3 is 2.58 bits per heavy atom. The highest BCUT2D eigenvalue weighted by molar-refractivity contribution is 7.80. The SMILES string of the molecule is CC(c1ccc(N)c(S)c1)c1ccn(-c2ccc(CC(O)(O)O)cn2)n1. The van der Waals surface area contributed by atoms with Crippen molar-refractivity contribution in [2.45, 2.75) is 30.1 Å². The molecule has 2 aromatic heterocycles. The maximum absolute atomic E-state index is 9.02. The second kappa shape index (κ2) is 7.08. The Hall–Kier alpha value is -2.39. The van der Waals surface area contributed by atoms with Gasteiger partial charge in [0.2, 0.25) is 0 Å². The van der Waals surface area contributed by atoms with E-state index in [1.54, 1.807) is 23.0 Å². The van der Waals surface area contributed by atoms with Crippen LogP contribution < -0.4 is 5.73 Å². The number of hydrogen-bond donors (Lipinski definition) is 5. The molecule has 7 nitrogen and oxygen atoms in total. The highest BCUT2D eigenvalue weighted by Gasteiger charge is 2.19. The monoisotopic (exact) mass is 372 g/mol. The summed E-state index contributed by atoms with van der Waals surface area (Å²) in [7, 11) is 0. The second-order valence-electron chi connectivity index (χ2n) is 6.20. The molecule has 1 unspecified atom stereocenters. The Balaban J connectivity index is 1.79. The van der Waals surface area contributed by atoms with Crippen molar-refractivity contribution < 1.29 is 15.3 Å². The number of nitrogens with two attached hydrogens (primary N) is 1. The van der Waals surface area contributed by atoms with Gasteiger partial charge >= 0.3 is 0 Å². The summed E-state index contributed by atoms with van der Waals surface area (Å²) < 4.78 is 1.64. The molecule has 1 atom stereocenters. The first kappa shape index (κ1) is 18.4. The van der Waals surface area contributed by atoms with Crippen LogP contribution in [0.2, 0.25) is 0 Å². The zero-order valence-electron chi connectivity index (χ0n) is 14.1. The Morgan fingerprint density at radius 2 is 1.96 bits per heavy atom. The first-order valence-electron chi connectivity index (χ1n) is 7.99. The molecule has 1 aromatic carbocycles. The van der Waals surface area contributed by atoms with Gasteiger partial charge in [-0.05, 0) is 35.4 Å². The van der Waals surface area contributed by atoms with Crippen molar-refractivity contribution in [3.63, 3.8) is 0 Å². The van der Waals surface area contributed by atoms with Crippen LogP contribution in [0.3, 0.4) is 0 Å². The lowest BCUT2D eigenvalue weighted by molar-refractivity contribution is -0.309. The summed E-state index contributed by atoms with van der Waals surface area (Å²) in [5, 5.41) is 31.6. The smallest absolute Gasteiger partial charge is 0.279 e. The van der Waals surface area contributed by atoms with Crippen LogP contribution in [0.4, 0.5) is 5.69 Å². The molecule has 0 fully saturated rings. The van der Waals surface area contributed by atoms with E-state index in [0.29, 0.717) is 17.1 Å². The molecule has 8 heteroatoms. The van der Waals surface area contributed by atoms with Crippen molar-refractivity contribution >= 4 is 18.3 Å². The number of benzene rings is 1. The van der Waals surface area contributed by atoms with E-state index in [-0.39, 0.29) is 12.3 Å². The molecule has 0 saturated heterocycles. The fourth-order valence-electron chi connectivity index (χ4n) is 2.63. The summed E-state index contributed by atoms with van der Waals surface area (Å²) in [4.78, 5) is 4.98. The summed E-state index contributed by atoms with van der Waals surface area (Å²) in [6.07, 6.45) is 2.94. The molecule has 2 heterocycles. The van der Waals surface area contributed by atoms with E-state index in [1.165, 1.54) is 6.20 Å². The number of pyridine rings is 1. The summed E-state index contributed by atoms with van der Waals surface area (Å²) in [5.41, 5.74) is 8.86. The van der Waals surface area contributed by atoms with E-state index < -0.39 is 5.97 Å². The van der Waals surface area contributed by atoms with Gasteiger partial charge < -0.3 is 21.1 Å². The predicted molar refractivity (Wildman–Crippen MR) is 100 cm³/mol. The molecule has 0 amide bonds. The van der Waals surface area contributed by atoms with Crippen molar-refractivity contribution in [1.29, 1.82) is 0 Å². The maximum atomic E-state index is 9.02. The number of thiol groups is 1. The van der Waals surface area contributed by atoms with Gasteiger partial charge in [0.25, 0.3) is 5.97 Å². The molecule has 0 saturated carbocycles. The van der Waals surface area contributed by atoms with E-state index >= 15 is 0 Å². The van der Waals surface area contributed by atoms with Gasteiger partial charge in [-0.15, -0.1) is 12.6 Å². The summed E-state index contributed by atoms with van der Waals surface area (Å²) in [6, 6.07) is 11.0. The van der Waals surface area contributed by atoms with Gasteiger partial charge in [0.05, 0.1) is 12.1 Å². The molecule has 3 rings (SSSR count). The van der Waals surface area contributed by atoms with Gasteiger partial charge in [-0.3, -0.25) is 0 Å². The molecule has 0 aliphatic carbocycles.